The molecule has 0 aliphatic carbocycles. The minimum atomic E-state index is -1.75. The first-order valence-electron chi connectivity index (χ1n) is 13.1. The van der Waals surface area contributed by atoms with Crippen molar-refractivity contribution in [1.29, 1.82) is 5.26 Å². The van der Waals surface area contributed by atoms with Crippen LogP contribution < -0.4 is 5.32 Å². The first kappa shape index (κ1) is 29.3. The Labute approximate surface area is 245 Å². The number of carbonyl (C=O) groups is 1. The van der Waals surface area contributed by atoms with Crippen LogP contribution in [0.15, 0.2) is 79.4 Å². The monoisotopic (exact) mass is 591 g/mol. The number of hydrogen-bond donors (Lipinski definition) is 2. The molecule has 1 amide bonds. The molecule has 1 saturated heterocycles. The van der Waals surface area contributed by atoms with Crippen LogP contribution in [0.3, 0.4) is 0 Å². The Balaban J connectivity index is 1.23. The zero-order valence-electron chi connectivity index (χ0n) is 22.5. The molecule has 12 heteroatoms. The lowest BCUT2D eigenvalue weighted by molar-refractivity contribution is -0.180. The number of nitriles is 1. The van der Waals surface area contributed by atoms with Crippen LogP contribution in [0, 0.1) is 23.0 Å². The number of hydrogen-bond acceptors (Lipinski definition) is 8. The van der Waals surface area contributed by atoms with Crippen molar-refractivity contribution in [2.75, 3.05) is 18.5 Å². The van der Waals surface area contributed by atoms with Crippen LogP contribution in [0.25, 0.3) is 0 Å². The van der Waals surface area contributed by atoms with Crippen molar-refractivity contribution in [3.63, 3.8) is 0 Å². The molecule has 9 nitrogen and oxygen atoms in total. The van der Waals surface area contributed by atoms with Gasteiger partial charge >= 0.3 is 0 Å². The molecule has 0 spiro atoms. The van der Waals surface area contributed by atoms with Gasteiger partial charge in [0.05, 0.1) is 36.6 Å². The summed E-state index contributed by atoms with van der Waals surface area (Å²) in [5, 5.41) is 26.8. The molecular formula is C30H27F2N5O4S. The topological polar surface area (TPSA) is 122 Å². The van der Waals surface area contributed by atoms with Gasteiger partial charge in [0.25, 0.3) is 5.91 Å². The van der Waals surface area contributed by atoms with Crippen molar-refractivity contribution >= 4 is 23.4 Å². The minimum Gasteiger partial charge on any atom is -0.382 e. The van der Waals surface area contributed by atoms with E-state index in [1.807, 2.05) is 6.07 Å². The third kappa shape index (κ3) is 6.66. The number of nitrogens with one attached hydrogen (secondary N) is 1. The van der Waals surface area contributed by atoms with Crippen molar-refractivity contribution < 1.29 is 28.2 Å². The first-order valence-corrected chi connectivity index (χ1v) is 14.0. The summed E-state index contributed by atoms with van der Waals surface area (Å²) in [6.45, 7) is 2.20. The zero-order chi connectivity index (χ0) is 29.7. The lowest BCUT2D eigenvalue weighted by atomic mass is 9.90. The average Bonchev–Trinajstić information content (AvgIpc) is 3.50. The van der Waals surface area contributed by atoms with Crippen LogP contribution in [0.1, 0.15) is 40.3 Å². The smallest absolute Gasteiger partial charge is 0.255 e. The van der Waals surface area contributed by atoms with E-state index in [-0.39, 0.29) is 36.5 Å². The Morgan fingerprint density at radius 1 is 1.19 bits per heavy atom. The minimum absolute atomic E-state index is 0.0500. The molecule has 3 aromatic carbocycles. The molecular weight excluding hydrogens is 564 g/mol. The van der Waals surface area contributed by atoms with E-state index in [0.29, 0.717) is 22.4 Å². The fraction of sp³-hybridized carbons (Fsp3) is 0.267. The van der Waals surface area contributed by atoms with Crippen LogP contribution in [-0.2, 0) is 21.6 Å². The number of nitrogens with zero attached hydrogens (tertiary/aromatic N) is 4. The molecule has 0 unspecified atom stereocenters. The molecule has 0 bridgehead atoms. The number of anilines is 1. The number of ether oxygens (including phenoxy) is 2. The van der Waals surface area contributed by atoms with Crippen molar-refractivity contribution in [3.05, 3.63) is 113 Å². The Morgan fingerprint density at radius 2 is 1.95 bits per heavy atom. The summed E-state index contributed by atoms with van der Waals surface area (Å²) >= 11 is 1.36. The van der Waals surface area contributed by atoms with Crippen LogP contribution in [-0.4, -0.2) is 49.5 Å². The highest BCUT2D eigenvalue weighted by atomic mass is 32.2. The second kappa shape index (κ2) is 12.8. The van der Waals surface area contributed by atoms with Gasteiger partial charge < -0.3 is 19.9 Å². The molecule has 2 N–H and O–H groups in total. The van der Waals surface area contributed by atoms with E-state index < -0.39 is 28.8 Å². The second-order valence-electron chi connectivity index (χ2n) is 9.81. The average molecular weight is 592 g/mol. The van der Waals surface area contributed by atoms with Gasteiger partial charge in [0, 0.05) is 33.7 Å². The number of rotatable bonds is 9. The maximum absolute atomic E-state index is 14.9. The first-order chi connectivity index (χ1) is 20.2. The van der Waals surface area contributed by atoms with Crippen LogP contribution in [0.4, 0.5) is 14.5 Å². The Bertz CT molecular complexity index is 1570. The number of amides is 1. The number of carbonyl (C=O) groups excluding carboxylic acids is 1. The van der Waals surface area contributed by atoms with Gasteiger partial charge in [-0.05, 0) is 42.5 Å². The molecule has 0 saturated carbocycles. The summed E-state index contributed by atoms with van der Waals surface area (Å²) in [7, 11) is 0. The lowest BCUT2D eigenvalue weighted by Gasteiger charge is -2.37. The SMILES string of the molecule is C[C@@H](S[C@H]1CO[C@H](c2cccc(C(=O)Nc3ccc(C#N)cc3)c2)OC1)[C@](O)(Cn1cncn1)c1ccc(F)cc1F. The Morgan fingerprint density at radius 3 is 2.62 bits per heavy atom. The van der Waals surface area contributed by atoms with Crippen LogP contribution >= 0.6 is 11.8 Å². The Hall–Kier alpha value is -4.15. The van der Waals surface area contributed by atoms with Crippen molar-refractivity contribution in [2.45, 2.75) is 35.9 Å². The third-order valence-corrected chi connectivity index (χ3v) is 8.35. The molecule has 5 rings (SSSR count). The molecule has 2 atom stereocenters. The molecule has 1 aliphatic heterocycles. The van der Waals surface area contributed by atoms with Gasteiger partial charge in [-0.3, -0.25) is 4.79 Å². The molecule has 0 radical (unpaired) electrons. The molecule has 1 aliphatic rings. The van der Waals surface area contributed by atoms with E-state index in [1.54, 1.807) is 55.5 Å². The van der Waals surface area contributed by atoms with Gasteiger partial charge in [-0.25, -0.2) is 18.4 Å². The maximum atomic E-state index is 14.9. The summed E-state index contributed by atoms with van der Waals surface area (Å²) < 4.78 is 41.8. The predicted octanol–water partition coefficient (Wildman–Crippen LogP) is 4.80. The molecule has 1 fully saturated rings. The van der Waals surface area contributed by atoms with Gasteiger partial charge in [-0.15, -0.1) is 11.8 Å². The van der Waals surface area contributed by atoms with E-state index in [1.165, 1.54) is 35.2 Å². The van der Waals surface area contributed by atoms with Gasteiger partial charge in [-0.2, -0.15) is 10.4 Å². The standard InChI is InChI=1S/C30H27F2N5O4S/c1-19(30(39,16-37-18-34-17-35-37)26-10-7-23(31)12-27(26)32)42-25-14-40-29(41-15-25)22-4-2-3-21(11-22)28(38)36-24-8-5-20(13-33)6-9-24/h2-12,17-19,25,29,39H,14-16H2,1H3,(H,36,38)/t19-,25-,29-,30-/m1/s1. The van der Waals surface area contributed by atoms with Crippen molar-refractivity contribution in [1.82, 2.24) is 14.8 Å². The van der Waals surface area contributed by atoms with Gasteiger partial charge in [0.15, 0.2) is 6.29 Å². The fourth-order valence-corrected chi connectivity index (χ4v) is 5.97. The third-order valence-electron chi connectivity index (χ3n) is 6.90. The number of aliphatic hydroxyl groups is 1. The molecule has 1 aromatic heterocycles. The van der Waals surface area contributed by atoms with E-state index in [0.717, 1.165) is 12.1 Å². The highest BCUT2D eigenvalue weighted by Gasteiger charge is 2.41. The summed E-state index contributed by atoms with van der Waals surface area (Å²) in [5.41, 5.74) is 0.335. The number of thioether (sulfide) groups is 1. The molecule has 42 heavy (non-hydrogen) atoms. The summed E-state index contributed by atoms with van der Waals surface area (Å²) in [4.78, 5) is 16.7. The van der Waals surface area contributed by atoms with Crippen molar-refractivity contribution in [3.8, 4) is 6.07 Å². The number of benzene rings is 3. The fourth-order valence-electron chi connectivity index (χ4n) is 4.65. The van der Waals surface area contributed by atoms with Gasteiger partial charge in [0.2, 0.25) is 0 Å². The second-order valence-corrected chi connectivity index (χ2v) is 11.5. The predicted molar refractivity (Wildman–Crippen MR) is 151 cm³/mol. The zero-order valence-corrected chi connectivity index (χ0v) is 23.3. The lowest BCUT2D eigenvalue weighted by Crippen LogP contribution is -2.43. The highest BCUT2D eigenvalue weighted by molar-refractivity contribution is 8.00. The van der Waals surface area contributed by atoms with Crippen molar-refractivity contribution in [2.24, 2.45) is 0 Å². The number of aromatic nitrogens is 3. The molecule has 216 valence electrons. The van der Waals surface area contributed by atoms with E-state index in [2.05, 4.69) is 15.4 Å². The van der Waals surface area contributed by atoms with Gasteiger partial charge in [-0.1, -0.05) is 25.1 Å². The summed E-state index contributed by atoms with van der Waals surface area (Å²) in [6, 6.07) is 18.6. The van der Waals surface area contributed by atoms with E-state index in [4.69, 9.17) is 14.7 Å². The quantitative estimate of drug-likeness (QED) is 0.285. The Kier molecular flexibility index (Phi) is 8.94. The maximum Gasteiger partial charge on any atom is 0.255 e. The number of halogens is 2. The normalized spacial score (nSPS) is 18.9. The van der Waals surface area contributed by atoms with Crippen LogP contribution in [0.5, 0.6) is 0 Å². The van der Waals surface area contributed by atoms with Crippen LogP contribution in [0.2, 0.25) is 0 Å². The molecule has 2 heterocycles. The van der Waals surface area contributed by atoms with E-state index in [9.17, 15) is 18.7 Å². The van der Waals surface area contributed by atoms with E-state index >= 15 is 0 Å². The molecule has 4 aromatic rings. The summed E-state index contributed by atoms with van der Waals surface area (Å²) in [5.74, 6) is -1.92. The highest BCUT2D eigenvalue weighted by Crippen LogP contribution is 2.39. The summed E-state index contributed by atoms with van der Waals surface area (Å²) in [6.07, 6.45) is 2.02. The largest absolute Gasteiger partial charge is 0.382 e. The van der Waals surface area contributed by atoms with Gasteiger partial charge in [0.1, 0.15) is 29.9 Å².